The second-order valence-electron chi connectivity index (χ2n) is 7.22. The Balaban J connectivity index is 2.39. The summed E-state index contributed by atoms with van der Waals surface area (Å²) in [6.07, 6.45) is -3.95. The molecule has 10 nitrogen and oxygen atoms in total. The molecule has 0 bridgehead atoms. The van der Waals surface area contributed by atoms with E-state index in [4.69, 9.17) is 9.47 Å². The number of esters is 2. The van der Waals surface area contributed by atoms with Crippen LogP contribution in [-0.2, 0) is 38.1 Å². The molecule has 192 valence electrons. The van der Waals surface area contributed by atoms with E-state index in [1.165, 1.54) is 48.5 Å². The number of carbonyl (C=O) groups excluding carboxylic acids is 2. The Morgan fingerprint density at radius 1 is 0.829 bits per heavy atom. The van der Waals surface area contributed by atoms with Crippen molar-refractivity contribution in [1.82, 2.24) is 0 Å². The van der Waals surface area contributed by atoms with Crippen LogP contribution < -0.4 is 0 Å². The molecule has 2 aromatic rings. The number of halogens is 2. The van der Waals surface area contributed by atoms with E-state index in [9.17, 15) is 26.4 Å². The van der Waals surface area contributed by atoms with E-state index in [1.807, 2.05) is 0 Å². The van der Waals surface area contributed by atoms with Crippen molar-refractivity contribution in [3.8, 4) is 0 Å². The standard InChI is InChI=1S/C21H22F2O10S2/c1-34(26,27)31-14-21(22,23)18(32-20(25)16-11-7-4-8-12-16)17(33-35(2,28)29)13-30-19(24)15-9-5-3-6-10-15/h3-12,17-18H,13-14H2,1-2H3/t17-,18-/m1/s1. The van der Waals surface area contributed by atoms with Crippen LogP contribution in [0.3, 0.4) is 0 Å². The molecule has 0 radical (unpaired) electrons. The monoisotopic (exact) mass is 536 g/mol. The van der Waals surface area contributed by atoms with Gasteiger partial charge >= 0.3 is 17.9 Å². The first-order chi connectivity index (χ1) is 16.2. The quantitative estimate of drug-likeness (QED) is 0.292. The van der Waals surface area contributed by atoms with Crippen LogP contribution in [0.5, 0.6) is 0 Å². The molecule has 0 heterocycles. The van der Waals surface area contributed by atoms with Crippen LogP contribution in [-0.4, -0.2) is 72.6 Å². The molecule has 0 aliphatic rings. The number of hydrogen-bond donors (Lipinski definition) is 0. The van der Waals surface area contributed by atoms with Crippen LogP contribution in [0.1, 0.15) is 20.7 Å². The zero-order chi connectivity index (χ0) is 26.3. The summed E-state index contributed by atoms with van der Waals surface area (Å²) in [5, 5.41) is 0. The Morgan fingerprint density at radius 3 is 1.77 bits per heavy atom. The van der Waals surface area contributed by atoms with Gasteiger partial charge in [0.2, 0.25) is 0 Å². The van der Waals surface area contributed by atoms with E-state index >= 15 is 8.78 Å². The van der Waals surface area contributed by atoms with Gasteiger partial charge in [-0.05, 0) is 24.3 Å². The van der Waals surface area contributed by atoms with E-state index in [-0.39, 0.29) is 11.1 Å². The Morgan fingerprint density at radius 2 is 1.31 bits per heavy atom. The normalized spacial score (nSPS) is 14.1. The summed E-state index contributed by atoms with van der Waals surface area (Å²) in [6.45, 7) is -2.91. The largest absolute Gasteiger partial charge is 0.459 e. The number of carbonyl (C=O) groups is 2. The number of hydrogen-bond acceptors (Lipinski definition) is 10. The van der Waals surface area contributed by atoms with Crippen LogP contribution in [0.25, 0.3) is 0 Å². The summed E-state index contributed by atoms with van der Waals surface area (Å²) in [4.78, 5) is 24.8. The highest BCUT2D eigenvalue weighted by Gasteiger charge is 2.51. The molecule has 0 aromatic heterocycles. The van der Waals surface area contributed by atoms with Crippen LogP contribution in [0.15, 0.2) is 60.7 Å². The van der Waals surface area contributed by atoms with Gasteiger partial charge in [-0.15, -0.1) is 0 Å². The molecule has 0 fully saturated rings. The molecule has 35 heavy (non-hydrogen) atoms. The summed E-state index contributed by atoms with van der Waals surface area (Å²) < 4.78 is 94.9. The second kappa shape index (κ2) is 11.7. The third-order valence-electron chi connectivity index (χ3n) is 4.15. The van der Waals surface area contributed by atoms with Crippen molar-refractivity contribution < 1.29 is 53.0 Å². The zero-order valence-corrected chi connectivity index (χ0v) is 20.1. The lowest BCUT2D eigenvalue weighted by Gasteiger charge is -2.31. The van der Waals surface area contributed by atoms with Gasteiger partial charge in [0.1, 0.15) is 13.2 Å². The van der Waals surface area contributed by atoms with Gasteiger partial charge in [-0.25, -0.2) is 9.59 Å². The molecule has 0 saturated carbocycles. The molecule has 14 heteroatoms. The number of ether oxygens (including phenoxy) is 2. The van der Waals surface area contributed by atoms with Crippen molar-refractivity contribution >= 4 is 32.2 Å². The molecule has 2 atom stereocenters. The highest BCUT2D eigenvalue weighted by molar-refractivity contribution is 7.86. The molecular formula is C21H22F2O10S2. The van der Waals surface area contributed by atoms with Gasteiger partial charge in [0.25, 0.3) is 20.2 Å². The first kappa shape index (κ1) is 28.3. The molecule has 0 aliphatic heterocycles. The van der Waals surface area contributed by atoms with Gasteiger partial charge in [0.15, 0.2) is 12.2 Å². The van der Waals surface area contributed by atoms with Gasteiger partial charge in [-0.3, -0.25) is 8.37 Å². The molecule has 0 spiro atoms. The summed E-state index contributed by atoms with van der Waals surface area (Å²) in [7, 11) is -8.82. The van der Waals surface area contributed by atoms with Gasteiger partial charge in [0.05, 0.1) is 23.6 Å². The highest BCUT2D eigenvalue weighted by atomic mass is 32.2. The fraction of sp³-hybridized carbons (Fsp3) is 0.333. The van der Waals surface area contributed by atoms with Crippen LogP contribution in [0.2, 0.25) is 0 Å². The Labute approximate surface area is 201 Å². The van der Waals surface area contributed by atoms with E-state index in [0.29, 0.717) is 12.5 Å². The smallest absolute Gasteiger partial charge is 0.338 e. The summed E-state index contributed by atoms with van der Waals surface area (Å²) in [5.74, 6) is -6.61. The predicted octanol–water partition coefficient (Wildman–Crippen LogP) is 2.03. The average molecular weight is 537 g/mol. The Hall–Kier alpha value is -2.94. The lowest BCUT2D eigenvalue weighted by atomic mass is 10.1. The van der Waals surface area contributed by atoms with Gasteiger partial charge in [-0.2, -0.15) is 25.6 Å². The van der Waals surface area contributed by atoms with Crippen molar-refractivity contribution in [2.45, 2.75) is 18.1 Å². The minimum atomic E-state index is -4.46. The molecule has 0 N–H and O–H groups in total. The van der Waals surface area contributed by atoms with Crippen molar-refractivity contribution in [3.05, 3.63) is 71.8 Å². The number of alkyl halides is 2. The van der Waals surface area contributed by atoms with E-state index in [0.717, 1.165) is 0 Å². The summed E-state index contributed by atoms with van der Waals surface area (Å²) >= 11 is 0. The minimum Gasteiger partial charge on any atom is -0.459 e. The third-order valence-corrected chi connectivity index (χ3v) is 5.29. The third kappa shape index (κ3) is 9.68. The SMILES string of the molecule is CS(=O)(=O)OCC(F)(F)[C@H](OC(=O)c1ccccc1)[C@@H](COC(=O)c1ccccc1)OS(C)(=O)=O. The van der Waals surface area contributed by atoms with Crippen LogP contribution >= 0.6 is 0 Å². The maximum absolute atomic E-state index is 15.1. The van der Waals surface area contributed by atoms with Crippen molar-refractivity contribution in [1.29, 1.82) is 0 Å². The van der Waals surface area contributed by atoms with Crippen molar-refractivity contribution in [2.75, 3.05) is 25.7 Å². The fourth-order valence-corrected chi connectivity index (χ4v) is 3.64. The van der Waals surface area contributed by atoms with E-state index in [2.05, 4.69) is 8.37 Å². The minimum absolute atomic E-state index is 0.0237. The zero-order valence-electron chi connectivity index (χ0n) is 18.5. The van der Waals surface area contributed by atoms with Gasteiger partial charge < -0.3 is 9.47 Å². The van der Waals surface area contributed by atoms with Crippen LogP contribution in [0.4, 0.5) is 8.78 Å². The lowest BCUT2D eigenvalue weighted by molar-refractivity contribution is -0.169. The lowest BCUT2D eigenvalue weighted by Crippen LogP contribution is -2.52. The first-order valence-electron chi connectivity index (χ1n) is 9.76. The Bertz CT molecular complexity index is 1220. The van der Waals surface area contributed by atoms with Crippen LogP contribution in [0, 0.1) is 0 Å². The molecule has 2 rings (SSSR count). The van der Waals surface area contributed by atoms with E-state index in [1.54, 1.807) is 12.1 Å². The summed E-state index contributed by atoms with van der Waals surface area (Å²) in [5.41, 5.74) is -0.146. The molecule has 0 unspecified atom stereocenters. The molecule has 2 aromatic carbocycles. The van der Waals surface area contributed by atoms with Gasteiger partial charge in [0, 0.05) is 0 Å². The Kier molecular flexibility index (Phi) is 9.43. The van der Waals surface area contributed by atoms with Gasteiger partial charge in [-0.1, -0.05) is 36.4 Å². The molecule has 0 saturated heterocycles. The molecule has 0 amide bonds. The van der Waals surface area contributed by atoms with Crippen molar-refractivity contribution in [2.24, 2.45) is 0 Å². The first-order valence-corrected chi connectivity index (χ1v) is 13.4. The van der Waals surface area contributed by atoms with E-state index < -0.39 is 63.5 Å². The van der Waals surface area contributed by atoms with Crippen molar-refractivity contribution in [3.63, 3.8) is 0 Å². The predicted molar refractivity (Wildman–Crippen MR) is 118 cm³/mol. The molecule has 0 aliphatic carbocycles. The second-order valence-corrected chi connectivity index (χ2v) is 10.5. The summed E-state index contributed by atoms with van der Waals surface area (Å²) in [6, 6.07) is 14.2. The number of benzene rings is 2. The maximum Gasteiger partial charge on any atom is 0.338 e. The topological polar surface area (TPSA) is 139 Å². The highest BCUT2D eigenvalue weighted by Crippen LogP contribution is 2.29. The molecular weight excluding hydrogens is 514 g/mol. The fourth-order valence-electron chi connectivity index (χ4n) is 2.66. The average Bonchev–Trinajstić information content (AvgIpc) is 2.78. The maximum atomic E-state index is 15.1. The number of rotatable bonds is 12.